The van der Waals surface area contributed by atoms with E-state index < -0.39 is 0 Å². The molecule has 0 aliphatic carbocycles. The highest BCUT2D eigenvalue weighted by molar-refractivity contribution is 5.90. The average Bonchev–Trinajstić information content (AvgIpc) is 2.69. The van der Waals surface area contributed by atoms with Gasteiger partial charge in [0.1, 0.15) is 0 Å². The van der Waals surface area contributed by atoms with Crippen LogP contribution in [0.2, 0.25) is 0 Å². The van der Waals surface area contributed by atoms with E-state index in [9.17, 15) is 4.79 Å². The molecule has 16 heavy (non-hydrogen) atoms. The fourth-order valence-electron chi connectivity index (χ4n) is 1.41. The van der Waals surface area contributed by atoms with Crippen molar-refractivity contribution in [2.45, 2.75) is 6.54 Å². The van der Waals surface area contributed by atoms with E-state index >= 15 is 0 Å². The predicted octanol–water partition coefficient (Wildman–Crippen LogP) is 0.235. The maximum Gasteiger partial charge on any atom is 0.338 e. The van der Waals surface area contributed by atoms with Gasteiger partial charge in [0.15, 0.2) is 11.5 Å². The molecular weight excluding hydrogens is 208 g/mol. The van der Waals surface area contributed by atoms with Gasteiger partial charge in [0, 0.05) is 6.20 Å². The largest absolute Gasteiger partial charge is 0.465 e. The van der Waals surface area contributed by atoms with Crippen LogP contribution in [-0.4, -0.2) is 34.7 Å². The summed E-state index contributed by atoms with van der Waals surface area (Å²) in [4.78, 5) is 15.6. The Morgan fingerprint density at radius 3 is 3.12 bits per heavy atom. The lowest BCUT2D eigenvalue weighted by atomic mass is 10.3. The van der Waals surface area contributed by atoms with Crippen molar-refractivity contribution in [3.8, 4) is 0 Å². The van der Waals surface area contributed by atoms with Crippen LogP contribution in [0.15, 0.2) is 18.3 Å². The molecule has 84 valence electrons. The molecule has 0 amide bonds. The highest BCUT2D eigenvalue weighted by Gasteiger charge is 2.08. The summed E-state index contributed by atoms with van der Waals surface area (Å²) in [5.41, 5.74) is 1.10. The van der Waals surface area contributed by atoms with E-state index in [2.05, 4.69) is 20.1 Å². The first-order valence-electron chi connectivity index (χ1n) is 4.83. The molecule has 1 N–H and O–H groups in total. The summed E-state index contributed by atoms with van der Waals surface area (Å²) in [7, 11) is 3.17. The van der Waals surface area contributed by atoms with Crippen molar-refractivity contribution in [2.75, 3.05) is 14.2 Å². The highest BCUT2D eigenvalue weighted by Crippen LogP contribution is 2.06. The maximum atomic E-state index is 11.3. The molecule has 2 rings (SSSR count). The second-order valence-corrected chi connectivity index (χ2v) is 3.27. The number of pyridine rings is 1. The number of esters is 1. The van der Waals surface area contributed by atoms with Gasteiger partial charge in [0.05, 0.1) is 19.2 Å². The Labute approximate surface area is 92.2 Å². The van der Waals surface area contributed by atoms with Gasteiger partial charge in [-0.15, -0.1) is 5.10 Å². The minimum Gasteiger partial charge on any atom is -0.465 e. The van der Waals surface area contributed by atoms with Gasteiger partial charge < -0.3 is 10.1 Å². The zero-order valence-corrected chi connectivity index (χ0v) is 9.10. The number of aromatic nitrogens is 3. The summed E-state index contributed by atoms with van der Waals surface area (Å²) in [6, 6.07) is 3.30. The molecule has 0 unspecified atom stereocenters. The van der Waals surface area contributed by atoms with Gasteiger partial charge in [-0.2, -0.15) is 0 Å². The summed E-state index contributed by atoms with van der Waals surface area (Å²) in [6.07, 6.45) is 1.69. The lowest BCUT2D eigenvalue weighted by Gasteiger charge is -1.97. The Bertz CT molecular complexity index is 521. The number of fused-ring (bicyclic) bond motifs is 1. The number of nitrogens with one attached hydrogen (secondary N) is 1. The highest BCUT2D eigenvalue weighted by atomic mass is 16.5. The molecule has 2 aromatic rings. The number of carbonyl (C=O) groups excluding carboxylic acids is 1. The Hall–Kier alpha value is -1.95. The molecule has 6 heteroatoms. The zero-order valence-electron chi connectivity index (χ0n) is 9.10. The monoisotopic (exact) mass is 220 g/mol. The van der Waals surface area contributed by atoms with Gasteiger partial charge in [-0.25, -0.2) is 14.3 Å². The normalized spacial score (nSPS) is 10.6. The van der Waals surface area contributed by atoms with Crippen LogP contribution < -0.4 is 5.32 Å². The summed E-state index contributed by atoms with van der Waals surface area (Å²) in [5, 5.41) is 7.18. The van der Waals surface area contributed by atoms with Gasteiger partial charge >= 0.3 is 5.97 Å². The van der Waals surface area contributed by atoms with Gasteiger partial charge in [0.2, 0.25) is 0 Å². The van der Waals surface area contributed by atoms with Crippen molar-refractivity contribution in [1.82, 2.24) is 19.9 Å². The Morgan fingerprint density at radius 2 is 2.44 bits per heavy atom. The van der Waals surface area contributed by atoms with Crippen LogP contribution in [0.1, 0.15) is 16.2 Å². The molecule has 0 fully saturated rings. The first kappa shape index (κ1) is 10.6. The lowest BCUT2D eigenvalue weighted by Crippen LogP contribution is -2.06. The Balaban J connectivity index is 2.41. The van der Waals surface area contributed by atoms with Crippen molar-refractivity contribution >= 4 is 11.6 Å². The van der Waals surface area contributed by atoms with Crippen molar-refractivity contribution < 1.29 is 9.53 Å². The number of carbonyl (C=O) groups is 1. The number of ether oxygens (including phenoxy) is 1. The number of hydrogen-bond acceptors (Lipinski definition) is 5. The van der Waals surface area contributed by atoms with Crippen molar-refractivity contribution in [2.24, 2.45) is 0 Å². The summed E-state index contributed by atoms with van der Waals surface area (Å²) in [6.45, 7) is 0.592. The molecule has 0 spiro atoms. The van der Waals surface area contributed by atoms with Crippen LogP contribution in [-0.2, 0) is 11.3 Å². The summed E-state index contributed by atoms with van der Waals surface area (Å²) >= 11 is 0. The second kappa shape index (κ2) is 4.28. The van der Waals surface area contributed by atoms with E-state index in [1.165, 1.54) is 7.11 Å². The number of hydrogen-bond donors (Lipinski definition) is 1. The van der Waals surface area contributed by atoms with E-state index in [0.29, 0.717) is 23.6 Å². The fourth-order valence-corrected chi connectivity index (χ4v) is 1.41. The molecule has 6 nitrogen and oxygen atoms in total. The van der Waals surface area contributed by atoms with Gasteiger partial charge in [0.25, 0.3) is 0 Å². The fraction of sp³-hybridized carbons (Fsp3) is 0.300. The predicted molar refractivity (Wildman–Crippen MR) is 57.1 cm³/mol. The van der Waals surface area contributed by atoms with Gasteiger partial charge in [-0.3, -0.25) is 0 Å². The van der Waals surface area contributed by atoms with E-state index in [1.807, 2.05) is 7.05 Å². The van der Waals surface area contributed by atoms with Crippen LogP contribution >= 0.6 is 0 Å². The standard InChI is InChI=1S/C10H12N4O2/c1-11-6-8-12-9-5-7(10(15)16-2)3-4-14(9)13-8/h3-5,11H,6H2,1-2H3. The maximum absolute atomic E-state index is 11.3. The summed E-state index contributed by atoms with van der Waals surface area (Å²) in [5.74, 6) is 0.310. The van der Waals surface area contributed by atoms with E-state index in [-0.39, 0.29) is 5.97 Å². The molecule has 0 atom stereocenters. The topological polar surface area (TPSA) is 68.5 Å². The van der Waals surface area contributed by atoms with Crippen LogP contribution in [0.25, 0.3) is 5.65 Å². The quantitative estimate of drug-likeness (QED) is 0.750. The number of nitrogens with zero attached hydrogens (tertiary/aromatic N) is 3. The third-order valence-corrected chi connectivity index (χ3v) is 2.14. The van der Waals surface area contributed by atoms with Crippen molar-refractivity contribution in [3.05, 3.63) is 29.7 Å². The molecule has 0 bridgehead atoms. The molecule has 0 aromatic carbocycles. The SMILES string of the molecule is CNCc1nc2cc(C(=O)OC)ccn2n1. The van der Waals surface area contributed by atoms with Crippen molar-refractivity contribution in [3.63, 3.8) is 0 Å². The molecule has 0 aliphatic heterocycles. The molecule has 2 aromatic heterocycles. The van der Waals surface area contributed by atoms with Crippen LogP contribution in [0.4, 0.5) is 0 Å². The van der Waals surface area contributed by atoms with Gasteiger partial charge in [-0.05, 0) is 19.2 Å². The molecule has 0 aliphatic rings. The molecule has 2 heterocycles. The summed E-state index contributed by atoms with van der Waals surface area (Å²) < 4.78 is 6.25. The first-order chi connectivity index (χ1) is 7.74. The van der Waals surface area contributed by atoms with Crippen LogP contribution in [0, 0.1) is 0 Å². The van der Waals surface area contributed by atoms with Crippen molar-refractivity contribution in [1.29, 1.82) is 0 Å². The zero-order chi connectivity index (χ0) is 11.5. The Kier molecular flexibility index (Phi) is 2.82. The Morgan fingerprint density at radius 1 is 1.62 bits per heavy atom. The smallest absolute Gasteiger partial charge is 0.338 e. The van der Waals surface area contributed by atoms with E-state index in [1.54, 1.807) is 22.8 Å². The third kappa shape index (κ3) is 1.87. The first-order valence-corrected chi connectivity index (χ1v) is 4.83. The minimum atomic E-state index is -0.374. The minimum absolute atomic E-state index is 0.374. The van der Waals surface area contributed by atoms with Crippen LogP contribution in [0.3, 0.4) is 0 Å². The average molecular weight is 220 g/mol. The van der Waals surface area contributed by atoms with E-state index in [4.69, 9.17) is 0 Å². The molecule has 0 saturated carbocycles. The second-order valence-electron chi connectivity index (χ2n) is 3.27. The third-order valence-electron chi connectivity index (χ3n) is 2.14. The van der Waals surface area contributed by atoms with E-state index in [0.717, 1.165) is 0 Å². The molecule has 0 saturated heterocycles. The van der Waals surface area contributed by atoms with Crippen LogP contribution in [0.5, 0.6) is 0 Å². The molecule has 0 radical (unpaired) electrons. The number of rotatable bonds is 3. The number of methoxy groups -OCH3 is 1. The van der Waals surface area contributed by atoms with Gasteiger partial charge in [-0.1, -0.05) is 0 Å². The molecular formula is C10H12N4O2. The lowest BCUT2D eigenvalue weighted by molar-refractivity contribution is 0.0600.